The maximum Gasteiger partial charge on any atom is 0.254 e. The molecule has 0 bridgehead atoms. The van der Waals surface area contributed by atoms with E-state index in [2.05, 4.69) is 51.6 Å². The van der Waals surface area contributed by atoms with E-state index in [9.17, 15) is 9.59 Å². The molecule has 0 unspecified atom stereocenters. The zero-order valence-corrected chi connectivity index (χ0v) is 17.2. The summed E-state index contributed by atoms with van der Waals surface area (Å²) in [7, 11) is 0. The number of fused-ring (bicyclic) bond motifs is 2. The summed E-state index contributed by atoms with van der Waals surface area (Å²) < 4.78 is 1.01. The molecule has 5 heteroatoms. The number of hydrogen-bond acceptors (Lipinski definition) is 2. The summed E-state index contributed by atoms with van der Waals surface area (Å²) in [4.78, 5) is 27.2. The van der Waals surface area contributed by atoms with Crippen molar-refractivity contribution in [3.63, 3.8) is 0 Å². The Morgan fingerprint density at radius 3 is 2.61 bits per heavy atom. The van der Waals surface area contributed by atoms with Gasteiger partial charge >= 0.3 is 0 Å². The standard InChI is InChI=1S/C23H23BrN2O2/c24-17-6-7-19-20(12-17)23(8-9-23)14-26(22(19)28)13-21(27)25-18-10-16(11-18)15-4-2-1-3-5-15/h1-7,12,16,18H,8-11,13-14H2,(H,25,27). The Morgan fingerprint density at radius 2 is 1.89 bits per heavy atom. The minimum Gasteiger partial charge on any atom is -0.352 e. The number of nitrogens with zero attached hydrogens (tertiary/aromatic N) is 1. The summed E-state index contributed by atoms with van der Waals surface area (Å²) in [5.41, 5.74) is 3.31. The second kappa shape index (κ2) is 6.73. The molecule has 2 aliphatic carbocycles. The molecule has 1 N–H and O–H groups in total. The van der Waals surface area contributed by atoms with E-state index in [1.54, 1.807) is 4.90 Å². The van der Waals surface area contributed by atoms with Gasteiger partial charge in [0.15, 0.2) is 0 Å². The molecule has 2 aromatic carbocycles. The summed E-state index contributed by atoms with van der Waals surface area (Å²) in [6, 6.07) is 16.6. The van der Waals surface area contributed by atoms with Crippen molar-refractivity contribution in [3.8, 4) is 0 Å². The van der Waals surface area contributed by atoms with Gasteiger partial charge in [0, 0.05) is 28.0 Å². The lowest BCUT2D eigenvalue weighted by atomic mass is 9.76. The van der Waals surface area contributed by atoms with Gasteiger partial charge < -0.3 is 10.2 Å². The first-order chi connectivity index (χ1) is 13.5. The molecule has 0 aromatic heterocycles. The van der Waals surface area contributed by atoms with Crippen LogP contribution in [0, 0.1) is 0 Å². The molecule has 4 nitrogen and oxygen atoms in total. The molecule has 1 spiro atoms. The lowest BCUT2D eigenvalue weighted by molar-refractivity contribution is -0.123. The SMILES string of the molecule is O=C(CN1CC2(CC2)c2cc(Br)ccc2C1=O)NC1CC(c2ccccc2)C1. The highest BCUT2D eigenvalue weighted by atomic mass is 79.9. The Labute approximate surface area is 173 Å². The van der Waals surface area contributed by atoms with Gasteiger partial charge in [-0.2, -0.15) is 0 Å². The third-order valence-corrected chi connectivity index (χ3v) is 7.02. The zero-order chi connectivity index (χ0) is 19.3. The van der Waals surface area contributed by atoms with Crippen LogP contribution in [-0.4, -0.2) is 35.8 Å². The number of rotatable bonds is 4. The fraction of sp³-hybridized carbons (Fsp3) is 0.391. The second-order valence-electron chi connectivity index (χ2n) is 8.47. The van der Waals surface area contributed by atoms with Crippen molar-refractivity contribution in [2.24, 2.45) is 0 Å². The van der Waals surface area contributed by atoms with E-state index in [1.165, 1.54) is 5.56 Å². The lowest BCUT2D eigenvalue weighted by Crippen LogP contribution is -2.51. The first kappa shape index (κ1) is 17.9. The van der Waals surface area contributed by atoms with Gasteiger partial charge in [0.05, 0.1) is 6.54 Å². The van der Waals surface area contributed by atoms with E-state index in [0.29, 0.717) is 12.5 Å². The molecule has 144 valence electrons. The summed E-state index contributed by atoms with van der Waals surface area (Å²) in [5.74, 6) is 0.468. The molecule has 2 saturated carbocycles. The molecule has 0 saturated heterocycles. The van der Waals surface area contributed by atoms with Crippen molar-refractivity contribution < 1.29 is 9.59 Å². The number of amides is 2. The Bertz CT molecular complexity index is 933. The van der Waals surface area contributed by atoms with Crippen molar-refractivity contribution in [1.29, 1.82) is 0 Å². The maximum absolute atomic E-state index is 12.9. The van der Waals surface area contributed by atoms with Crippen LogP contribution >= 0.6 is 15.9 Å². The van der Waals surface area contributed by atoms with Gasteiger partial charge in [0.25, 0.3) is 5.91 Å². The van der Waals surface area contributed by atoms with Crippen molar-refractivity contribution in [2.45, 2.75) is 43.1 Å². The van der Waals surface area contributed by atoms with Crippen molar-refractivity contribution in [3.05, 3.63) is 69.7 Å². The number of carbonyl (C=O) groups excluding carboxylic acids is 2. The smallest absolute Gasteiger partial charge is 0.254 e. The van der Waals surface area contributed by atoms with Crippen LogP contribution in [0.4, 0.5) is 0 Å². The highest BCUT2D eigenvalue weighted by Crippen LogP contribution is 2.52. The molecule has 2 aromatic rings. The zero-order valence-electron chi connectivity index (χ0n) is 15.7. The van der Waals surface area contributed by atoms with Gasteiger partial charge in [-0.25, -0.2) is 0 Å². The van der Waals surface area contributed by atoms with Gasteiger partial charge in [-0.1, -0.05) is 46.3 Å². The molecule has 28 heavy (non-hydrogen) atoms. The van der Waals surface area contributed by atoms with E-state index in [0.717, 1.165) is 41.3 Å². The van der Waals surface area contributed by atoms with Crippen LogP contribution in [0.1, 0.15) is 53.1 Å². The molecule has 1 aliphatic heterocycles. The minimum absolute atomic E-state index is 0.0223. The highest BCUT2D eigenvalue weighted by molar-refractivity contribution is 9.10. The Balaban J connectivity index is 1.21. The molecule has 3 aliphatic rings. The molecule has 5 rings (SSSR count). The monoisotopic (exact) mass is 438 g/mol. The largest absolute Gasteiger partial charge is 0.352 e. The lowest BCUT2D eigenvalue weighted by Gasteiger charge is -2.38. The van der Waals surface area contributed by atoms with Crippen molar-refractivity contribution in [1.82, 2.24) is 10.2 Å². The third kappa shape index (κ3) is 3.16. The fourth-order valence-corrected chi connectivity index (χ4v) is 5.08. The quantitative estimate of drug-likeness (QED) is 0.783. The number of benzene rings is 2. The van der Waals surface area contributed by atoms with Crippen LogP contribution < -0.4 is 5.32 Å². The van der Waals surface area contributed by atoms with Crippen LogP contribution in [-0.2, 0) is 10.2 Å². The molecule has 2 amide bonds. The molecule has 0 atom stereocenters. The molecule has 1 heterocycles. The number of hydrogen-bond donors (Lipinski definition) is 1. The van der Waals surface area contributed by atoms with Crippen LogP contribution in [0.3, 0.4) is 0 Å². The summed E-state index contributed by atoms with van der Waals surface area (Å²) in [6.07, 6.45) is 4.13. The van der Waals surface area contributed by atoms with Gasteiger partial charge in [0.2, 0.25) is 5.91 Å². The number of halogens is 1. The average Bonchev–Trinajstić information content (AvgIpc) is 3.43. The number of nitrogens with one attached hydrogen (secondary N) is 1. The van der Waals surface area contributed by atoms with Crippen LogP contribution in [0.25, 0.3) is 0 Å². The molecule has 0 radical (unpaired) electrons. The maximum atomic E-state index is 12.9. The second-order valence-corrected chi connectivity index (χ2v) is 9.39. The highest BCUT2D eigenvalue weighted by Gasteiger charge is 2.51. The molecular formula is C23H23BrN2O2. The van der Waals surface area contributed by atoms with Crippen molar-refractivity contribution >= 4 is 27.7 Å². The van der Waals surface area contributed by atoms with Crippen molar-refractivity contribution in [2.75, 3.05) is 13.1 Å². The van der Waals surface area contributed by atoms with E-state index >= 15 is 0 Å². The van der Waals surface area contributed by atoms with Crippen LogP contribution in [0.5, 0.6) is 0 Å². The Morgan fingerprint density at radius 1 is 1.14 bits per heavy atom. The third-order valence-electron chi connectivity index (χ3n) is 6.53. The predicted molar refractivity (Wildman–Crippen MR) is 111 cm³/mol. The van der Waals surface area contributed by atoms with E-state index in [4.69, 9.17) is 0 Å². The summed E-state index contributed by atoms with van der Waals surface area (Å²) in [5, 5.41) is 3.12. The average molecular weight is 439 g/mol. The van der Waals surface area contributed by atoms with Crippen LogP contribution in [0.2, 0.25) is 0 Å². The summed E-state index contributed by atoms with van der Waals surface area (Å²) >= 11 is 3.52. The minimum atomic E-state index is -0.0405. The fourth-order valence-electron chi connectivity index (χ4n) is 4.72. The van der Waals surface area contributed by atoms with E-state index < -0.39 is 0 Å². The van der Waals surface area contributed by atoms with Gasteiger partial charge in [0.1, 0.15) is 0 Å². The Kier molecular flexibility index (Phi) is 4.31. The van der Waals surface area contributed by atoms with Gasteiger partial charge in [-0.05, 0) is 60.9 Å². The predicted octanol–water partition coefficient (Wildman–Crippen LogP) is 4.00. The Hall–Kier alpha value is -2.14. The first-order valence-corrected chi connectivity index (χ1v) is 10.8. The summed E-state index contributed by atoms with van der Waals surface area (Å²) in [6.45, 7) is 0.808. The van der Waals surface area contributed by atoms with Gasteiger partial charge in [-0.3, -0.25) is 9.59 Å². The first-order valence-electron chi connectivity index (χ1n) is 9.98. The molecule has 2 fully saturated rings. The van der Waals surface area contributed by atoms with Crippen LogP contribution in [0.15, 0.2) is 53.0 Å². The number of carbonyl (C=O) groups is 2. The molecular weight excluding hydrogens is 416 g/mol. The van der Waals surface area contributed by atoms with E-state index in [1.807, 2.05) is 18.2 Å². The normalized spacial score (nSPS) is 24.5. The topological polar surface area (TPSA) is 49.4 Å². The van der Waals surface area contributed by atoms with E-state index in [-0.39, 0.29) is 29.8 Å². The van der Waals surface area contributed by atoms with Gasteiger partial charge in [-0.15, -0.1) is 0 Å².